The molecule has 0 fully saturated rings. The van der Waals surface area contributed by atoms with Gasteiger partial charge in [0.2, 0.25) is 5.95 Å². The highest BCUT2D eigenvalue weighted by atomic mass is 19.1. The fraction of sp³-hybridized carbons (Fsp3) is 0.333. The molecule has 0 spiro atoms. The molecular formula is C9H11FN2O2. The molecule has 0 aliphatic rings. The summed E-state index contributed by atoms with van der Waals surface area (Å²) in [6, 6.07) is 0.576. The predicted octanol–water partition coefficient (Wildman–Crippen LogP) is 0.484. The second-order valence-corrected chi connectivity index (χ2v) is 3.10. The molecule has 0 bridgehead atoms. The Kier molecular flexibility index (Phi) is 3.14. The van der Waals surface area contributed by atoms with Crippen molar-refractivity contribution in [2.45, 2.75) is 19.4 Å². The van der Waals surface area contributed by atoms with Gasteiger partial charge in [-0.15, -0.1) is 0 Å². The molecule has 0 aliphatic carbocycles. The molecule has 0 aliphatic heterocycles. The zero-order valence-electron chi connectivity index (χ0n) is 7.70. The average Bonchev–Trinajstić information content (AvgIpc) is 2.11. The number of aromatic nitrogens is 1. The topological polar surface area (TPSA) is 76.2 Å². The van der Waals surface area contributed by atoms with Crippen LogP contribution in [0.5, 0.6) is 0 Å². The lowest BCUT2D eigenvalue weighted by molar-refractivity contribution is -0.138. The van der Waals surface area contributed by atoms with Gasteiger partial charge in [0, 0.05) is 11.8 Å². The van der Waals surface area contributed by atoms with Crippen LogP contribution in [0.2, 0.25) is 0 Å². The largest absolute Gasteiger partial charge is 0.480 e. The van der Waals surface area contributed by atoms with E-state index in [1.54, 1.807) is 13.0 Å². The van der Waals surface area contributed by atoms with Crippen molar-refractivity contribution >= 4 is 5.97 Å². The van der Waals surface area contributed by atoms with Crippen LogP contribution in [0.15, 0.2) is 12.3 Å². The number of hydrogen-bond acceptors (Lipinski definition) is 3. The number of aryl methyl sites for hydroxylation is 1. The summed E-state index contributed by atoms with van der Waals surface area (Å²) in [6.45, 7) is 1.57. The molecule has 4 nitrogen and oxygen atoms in total. The first-order chi connectivity index (χ1) is 6.50. The fourth-order valence-electron chi connectivity index (χ4n) is 1.07. The molecule has 76 valence electrons. The van der Waals surface area contributed by atoms with E-state index in [0.717, 1.165) is 0 Å². The van der Waals surface area contributed by atoms with E-state index < -0.39 is 18.0 Å². The molecule has 0 aromatic carbocycles. The quantitative estimate of drug-likeness (QED) is 0.693. The van der Waals surface area contributed by atoms with Crippen LogP contribution in [-0.2, 0) is 11.2 Å². The molecule has 14 heavy (non-hydrogen) atoms. The number of nitrogens with zero attached hydrogens (tertiary/aromatic N) is 1. The minimum absolute atomic E-state index is 0.156. The van der Waals surface area contributed by atoms with Crippen molar-refractivity contribution < 1.29 is 14.3 Å². The van der Waals surface area contributed by atoms with Crippen molar-refractivity contribution in [2.75, 3.05) is 0 Å². The third-order valence-corrected chi connectivity index (χ3v) is 1.84. The lowest BCUT2D eigenvalue weighted by Crippen LogP contribution is -2.32. The van der Waals surface area contributed by atoms with Crippen LogP contribution in [-0.4, -0.2) is 22.1 Å². The van der Waals surface area contributed by atoms with Gasteiger partial charge in [-0.25, -0.2) is 4.98 Å². The number of hydrogen-bond donors (Lipinski definition) is 2. The number of carboxylic acids is 1. The normalized spacial score (nSPS) is 12.5. The van der Waals surface area contributed by atoms with E-state index in [0.29, 0.717) is 11.1 Å². The van der Waals surface area contributed by atoms with Gasteiger partial charge in [0.25, 0.3) is 0 Å². The maximum atomic E-state index is 12.7. The zero-order chi connectivity index (χ0) is 10.7. The molecule has 1 heterocycles. The van der Waals surface area contributed by atoms with Gasteiger partial charge in [0.05, 0.1) is 0 Å². The van der Waals surface area contributed by atoms with Crippen LogP contribution < -0.4 is 5.73 Å². The Labute approximate surface area is 80.6 Å². The molecule has 0 amide bonds. The summed E-state index contributed by atoms with van der Waals surface area (Å²) in [7, 11) is 0. The molecule has 1 rings (SSSR count). The van der Waals surface area contributed by atoms with Gasteiger partial charge in [-0.1, -0.05) is 0 Å². The molecule has 5 heteroatoms. The van der Waals surface area contributed by atoms with E-state index in [9.17, 15) is 9.18 Å². The van der Waals surface area contributed by atoms with E-state index in [4.69, 9.17) is 10.8 Å². The number of nitrogens with two attached hydrogens (primary N) is 1. The number of carbonyl (C=O) groups is 1. The molecule has 1 aromatic rings. The standard InChI is InChI=1S/C9H11FN2O2/c1-5-2-6(4-12-8(5)10)3-7(11)9(13)14/h2,4,7H,3,11H2,1H3,(H,13,14)/t7-/m0/s1. The number of aliphatic carboxylic acids is 1. The van der Waals surface area contributed by atoms with Crippen molar-refractivity contribution in [2.24, 2.45) is 5.73 Å². The van der Waals surface area contributed by atoms with Crippen LogP contribution in [0.1, 0.15) is 11.1 Å². The van der Waals surface area contributed by atoms with Crippen molar-refractivity contribution in [3.8, 4) is 0 Å². The molecule has 0 saturated carbocycles. The summed E-state index contributed by atoms with van der Waals surface area (Å²) >= 11 is 0. The highest BCUT2D eigenvalue weighted by molar-refractivity contribution is 5.73. The van der Waals surface area contributed by atoms with E-state index in [2.05, 4.69) is 4.98 Å². The number of pyridine rings is 1. The maximum absolute atomic E-state index is 12.7. The SMILES string of the molecule is Cc1cc(C[C@H](N)C(=O)O)cnc1F. The first-order valence-corrected chi connectivity index (χ1v) is 4.10. The Balaban J connectivity index is 2.78. The van der Waals surface area contributed by atoms with E-state index in [1.807, 2.05) is 0 Å². The van der Waals surface area contributed by atoms with Gasteiger partial charge in [-0.3, -0.25) is 4.79 Å². The molecule has 1 atom stereocenters. The van der Waals surface area contributed by atoms with Gasteiger partial charge >= 0.3 is 5.97 Å². The van der Waals surface area contributed by atoms with Crippen LogP contribution in [0.3, 0.4) is 0 Å². The molecule has 0 unspecified atom stereocenters. The summed E-state index contributed by atoms with van der Waals surface area (Å²) in [4.78, 5) is 13.9. The molecular weight excluding hydrogens is 187 g/mol. The smallest absolute Gasteiger partial charge is 0.320 e. The second-order valence-electron chi connectivity index (χ2n) is 3.10. The van der Waals surface area contributed by atoms with Crippen LogP contribution in [0.25, 0.3) is 0 Å². The molecule has 1 aromatic heterocycles. The first kappa shape index (κ1) is 10.6. The van der Waals surface area contributed by atoms with Crippen LogP contribution in [0.4, 0.5) is 4.39 Å². The van der Waals surface area contributed by atoms with Gasteiger partial charge in [0.1, 0.15) is 6.04 Å². The minimum atomic E-state index is -1.08. The fourth-order valence-corrected chi connectivity index (χ4v) is 1.07. The summed E-state index contributed by atoms with van der Waals surface area (Å²) in [6.07, 6.45) is 1.45. The highest BCUT2D eigenvalue weighted by Crippen LogP contribution is 2.07. The van der Waals surface area contributed by atoms with Gasteiger partial charge in [-0.05, 0) is 25.0 Å². The Morgan fingerprint density at radius 2 is 2.43 bits per heavy atom. The van der Waals surface area contributed by atoms with Crippen LogP contribution in [0, 0.1) is 12.9 Å². The summed E-state index contributed by atoms with van der Waals surface area (Å²) in [5, 5.41) is 8.55. The summed E-state index contributed by atoms with van der Waals surface area (Å²) in [5.41, 5.74) is 6.33. The van der Waals surface area contributed by atoms with E-state index in [1.165, 1.54) is 6.20 Å². The lowest BCUT2D eigenvalue weighted by atomic mass is 10.1. The van der Waals surface area contributed by atoms with Crippen molar-refractivity contribution in [3.05, 3.63) is 29.3 Å². The number of halogens is 1. The first-order valence-electron chi connectivity index (χ1n) is 4.10. The van der Waals surface area contributed by atoms with Gasteiger partial charge in [0.15, 0.2) is 0 Å². The predicted molar refractivity (Wildman–Crippen MR) is 48.2 cm³/mol. The Hall–Kier alpha value is -1.49. The third-order valence-electron chi connectivity index (χ3n) is 1.84. The van der Waals surface area contributed by atoms with Crippen LogP contribution >= 0.6 is 0 Å². The Bertz CT molecular complexity index is 355. The van der Waals surface area contributed by atoms with E-state index in [-0.39, 0.29) is 6.42 Å². The van der Waals surface area contributed by atoms with Crippen molar-refractivity contribution in [1.29, 1.82) is 0 Å². The minimum Gasteiger partial charge on any atom is -0.480 e. The maximum Gasteiger partial charge on any atom is 0.320 e. The monoisotopic (exact) mass is 198 g/mol. The van der Waals surface area contributed by atoms with Gasteiger partial charge in [-0.2, -0.15) is 4.39 Å². The second kappa shape index (κ2) is 4.15. The average molecular weight is 198 g/mol. The third kappa shape index (κ3) is 2.50. The number of rotatable bonds is 3. The zero-order valence-corrected chi connectivity index (χ0v) is 7.70. The van der Waals surface area contributed by atoms with E-state index >= 15 is 0 Å². The molecule has 3 N–H and O–H groups in total. The summed E-state index contributed by atoms with van der Waals surface area (Å²) < 4.78 is 12.7. The lowest BCUT2D eigenvalue weighted by Gasteiger charge is -2.06. The number of carboxylic acid groups (broad SMARTS) is 1. The summed E-state index contributed by atoms with van der Waals surface area (Å²) in [5.74, 6) is -1.62. The Morgan fingerprint density at radius 1 is 1.79 bits per heavy atom. The van der Waals surface area contributed by atoms with Crippen molar-refractivity contribution in [3.63, 3.8) is 0 Å². The molecule has 0 radical (unpaired) electrons. The van der Waals surface area contributed by atoms with Crippen molar-refractivity contribution in [1.82, 2.24) is 4.98 Å². The Morgan fingerprint density at radius 3 is 2.93 bits per heavy atom. The van der Waals surface area contributed by atoms with Gasteiger partial charge < -0.3 is 10.8 Å². The molecule has 0 saturated heterocycles. The highest BCUT2D eigenvalue weighted by Gasteiger charge is 2.12.